The van der Waals surface area contributed by atoms with Crippen LogP contribution in [0.25, 0.3) is 10.9 Å². The number of carboxylic acids is 1. The first-order valence-electron chi connectivity index (χ1n) is 10.8. The zero-order valence-electron chi connectivity index (χ0n) is 18.8. The van der Waals surface area contributed by atoms with Crippen molar-refractivity contribution in [1.82, 2.24) is 4.57 Å². The molecular weight excluding hydrogens is 490 g/mol. The van der Waals surface area contributed by atoms with Crippen LogP contribution in [0.3, 0.4) is 0 Å². The Bertz CT molecular complexity index is 1410. The smallest absolute Gasteiger partial charge is 0.416 e. The summed E-state index contributed by atoms with van der Waals surface area (Å²) in [6.07, 6.45) is -4.55. The number of halogens is 4. The highest BCUT2D eigenvalue weighted by molar-refractivity contribution is 7.91. The third-order valence-corrected chi connectivity index (χ3v) is 7.65. The lowest BCUT2D eigenvalue weighted by Crippen LogP contribution is -2.22. The summed E-state index contributed by atoms with van der Waals surface area (Å²) in [5.41, 5.74) is 0.230. The predicted molar refractivity (Wildman–Crippen MR) is 119 cm³/mol. The molecule has 35 heavy (non-hydrogen) atoms. The van der Waals surface area contributed by atoms with Gasteiger partial charge in [0.2, 0.25) is 0 Å². The van der Waals surface area contributed by atoms with Crippen molar-refractivity contribution in [3.8, 4) is 0 Å². The van der Waals surface area contributed by atoms with E-state index in [1.165, 1.54) is 12.1 Å². The lowest BCUT2D eigenvalue weighted by atomic mass is 9.82. The minimum Gasteiger partial charge on any atom is -0.481 e. The van der Waals surface area contributed by atoms with Crippen LogP contribution in [0.5, 0.6) is 0 Å². The molecule has 3 unspecified atom stereocenters. The van der Waals surface area contributed by atoms with Crippen molar-refractivity contribution in [3.63, 3.8) is 0 Å². The molecule has 1 aromatic heterocycles. The number of aliphatic carboxylic acids is 1. The third-order valence-electron chi connectivity index (χ3n) is 6.54. The van der Waals surface area contributed by atoms with Crippen LogP contribution >= 0.6 is 0 Å². The summed E-state index contributed by atoms with van der Waals surface area (Å²) in [7, 11) is -3.98. The van der Waals surface area contributed by atoms with Gasteiger partial charge in [-0.25, -0.2) is 12.8 Å². The van der Waals surface area contributed by atoms with Gasteiger partial charge < -0.3 is 14.8 Å². The molecule has 11 heteroatoms. The highest BCUT2D eigenvalue weighted by atomic mass is 32.2. The normalized spacial score (nSPS) is 19.5. The van der Waals surface area contributed by atoms with E-state index < -0.39 is 51.4 Å². The number of fused-ring (bicyclic) bond motifs is 3. The van der Waals surface area contributed by atoms with E-state index in [0.29, 0.717) is 11.3 Å². The second-order valence-corrected chi connectivity index (χ2v) is 10.9. The molecule has 1 aliphatic rings. The molecule has 0 bridgehead atoms. The minimum atomic E-state index is -4.54. The maximum absolute atomic E-state index is 14.6. The number of rotatable bonds is 5. The molecule has 1 aliphatic carbocycles. The number of alkyl halides is 3. The van der Waals surface area contributed by atoms with Crippen LogP contribution in [0, 0.1) is 5.82 Å². The van der Waals surface area contributed by atoms with Gasteiger partial charge in [0.15, 0.2) is 9.84 Å². The van der Waals surface area contributed by atoms with Gasteiger partial charge in [-0.3, -0.25) is 4.79 Å². The van der Waals surface area contributed by atoms with E-state index >= 15 is 0 Å². The van der Waals surface area contributed by atoms with Crippen LogP contribution in [0.15, 0.2) is 41.3 Å². The fraction of sp³-hybridized carbons (Fsp3) is 0.375. The van der Waals surface area contributed by atoms with Crippen LogP contribution in [0.4, 0.5) is 17.6 Å². The van der Waals surface area contributed by atoms with E-state index in [9.17, 15) is 41.0 Å². The van der Waals surface area contributed by atoms with Crippen LogP contribution in [-0.2, 0) is 20.8 Å². The molecular formula is C24H23F4NO5S. The molecule has 0 spiro atoms. The molecule has 3 aromatic rings. The highest BCUT2D eigenvalue weighted by Crippen LogP contribution is 2.48. The molecule has 0 saturated carbocycles. The van der Waals surface area contributed by atoms with E-state index in [1.54, 1.807) is 11.5 Å². The van der Waals surface area contributed by atoms with Gasteiger partial charge in [0.1, 0.15) is 5.82 Å². The molecule has 2 N–H and O–H groups in total. The third kappa shape index (κ3) is 4.54. The van der Waals surface area contributed by atoms with E-state index in [1.807, 2.05) is 0 Å². The maximum atomic E-state index is 14.6. The molecule has 0 aliphatic heterocycles. The predicted octanol–water partition coefficient (Wildman–Crippen LogP) is 5.20. The fourth-order valence-corrected chi connectivity index (χ4v) is 5.90. The van der Waals surface area contributed by atoms with Gasteiger partial charge in [0, 0.05) is 28.8 Å². The molecule has 0 amide bonds. The van der Waals surface area contributed by atoms with Crippen molar-refractivity contribution in [2.24, 2.45) is 0 Å². The average molecular weight is 514 g/mol. The number of nitrogens with zero attached hydrogens (tertiary/aromatic N) is 1. The number of carbonyl (C=O) groups is 1. The number of aromatic nitrogens is 1. The first-order chi connectivity index (χ1) is 16.2. The summed E-state index contributed by atoms with van der Waals surface area (Å²) in [6.45, 7) is 1.64. The Labute approximate surface area is 198 Å². The second kappa shape index (κ2) is 8.63. The lowest BCUT2D eigenvalue weighted by molar-refractivity contribution is -0.138. The van der Waals surface area contributed by atoms with Crippen LogP contribution in [0.1, 0.15) is 66.6 Å². The van der Waals surface area contributed by atoms with Crippen molar-refractivity contribution in [3.05, 3.63) is 64.6 Å². The molecule has 0 saturated heterocycles. The molecule has 0 fully saturated rings. The van der Waals surface area contributed by atoms with Crippen molar-refractivity contribution in [2.45, 2.75) is 55.3 Å². The van der Waals surface area contributed by atoms with Crippen molar-refractivity contribution >= 4 is 26.7 Å². The van der Waals surface area contributed by atoms with Gasteiger partial charge >= 0.3 is 12.1 Å². The molecule has 1 heterocycles. The van der Waals surface area contributed by atoms with Crippen LogP contribution < -0.4 is 0 Å². The summed E-state index contributed by atoms with van der Waals surface area (Å²) < 4.78 is 80.6. The summed E-state index contributed by atoms with van der Waals surface area (Å²) in [5.74, 6) is -2.57. The zero-order chi connectivity index (χ0) is 25.9. The number of aliphatic hydroxyl groups excluding tert-OH is 1. The first kappa shape index (κ1) is 25.2. The largest absolute Gasteiger partial charge is 0.481 e. The van der Waals surface area contributed by atoms with Crippen molar-refractivity contribution in [1.29, 1.82) is 0 Å². The van der Waals surface area contributed by atoms with Crippen molar-refractivity contribution in [2.75, 3.05) is 6.26 Å². The molecule has 2 aromatic carbocycles. The molecule has 0 radical (unpaired) electrons. The Morgan fingerprint density at radius 3 is 2.34 bits per heavy atom. The minimum absolute atomic E-state index is 0.0858. The maximum Gasteiger partial charge on any atom is 0.416 e. The van der Waals surface area contributed by atoms with E-state index in [0.717, 1.165) is 30.5 Å². The van der Waals surface area contributed by atoms with E-state index in [-0.39, 0.29) is 40.6 Å². The number of hydrogen-bond donors (Lipinski definition) is 2. The van der Waals surface area contributed by atoms with E-state index in [4.69, 9.17) is 0 Å². The van der Waals surface area contributed by atoms with Gasteiger partial charge in [-0.1, -0.05) is 12.1 Å². The average Bonchev–Trinajstić information content (AvgIpc) is 3.09. The van der Waals surface area contributed by atoms with Gasteiger partial charge in [-0.15, -0.1) is 0 Å². The fourth-order valence-electron chi connectivity index (χ4n) is 5.02. The summed E-state index contributed by atoms with van der Waals surface area (Å²) in [5, 5.41) is 20.4. The first-order valence-corrected chi connectivity index (χ1v) is 12.7. The van der Waals surface area contributed by atoms with Gasteiger partial charge in [0.05, 0.1) is 34.5 Å². The SMILES string of the molecule is CC(c1ccc(C(F)(F)F)cc1)n1c2c(c3cc(F)cc(S(C)(=O)=O)c31)C(O)CCC2CC(=O)O. The molecule has 4 rings (SSSR count). The molecule has 3 atom stereocenters. The highest BCUT2D eigenvalue weighted by Gasteiger charge is 2.37. The standard InChI is InChI=1S/C24H23F4NO5S/c1-12(13-3-6-15(7-4-13)24(26,27)28)29-22-14(9-20(31)32)5-8-18(30)21(22)17-10-16(25)11-19(23(17)29)35(2,33)34/h3-4,6-7,10-12,14,18,30H,5,8-9H2,1-2H3,(H,31,32). The van der Waals surface area contributed by atoms with Gasteiger partial charge in [-0.2, -0.15) is 13.2 Å². The van der Waals surface area contributed by atoms with E-state index in [2.05, 4.69) is 0 Å². The quantitative estimate of drug-likeness (QED) is 0.458. The second-order valence-electron chi connectivity index (χ2n) is 8.92. The van der Waals surface area contributed by atoms with Crippen molar-refractivity contribution < 1.29 is 41.0 Å². The lowest BCUT2D eigenvalue weighted by Gasteiger charge is -2.30. The number of benzene rings is 2. The Morgan fingerprint density at radius 2 is 1.80 bits per heavy atom. The van der Waals surface area contributed by atoms with Crippen LogP contribution in [0.2, 0.25) is 0 Å². The number of sulfone groups is 1. The zero-order valence-corrected chi connectivity index (χ0v) is 19.6. The molecule has 188 valence electrons. The summed E-state index contributed by atoms with van der Waals surface area (Å²) in [4.78, 5) is 11.3. The number of carboxylic acid groups (broad SMARTS) is 1. The Morgan fingerprint density at radius 1 is 1.17 bits per heavy atom. The Kier molecular flexibility index (Phi) is 6.21. The summed E-state index contributed by atoms with van der Waals surface area (Å²) >= 11 is 0. The van der Waals surface area contributed by atoms with Gasteiger partial charge in [-0.05, 0) is 49.6 Å². The van der Waals surface area contributed by atoms with Crippen LogP contribution in [-0.4, -0.2) is 35.4 Å². The topological polar surface area (TPSA) is 96.6 Å². The van der Waals surface area contributed by atoms with Gasteiger partial charge in [0.25, 0.3) is 0 Å². The summed E-state index contributed by atoms with van der Waals surface area (Å²) in [6, 6.07) is 5.55. The monoisotopic (exact) mass is 513 g/mol. The number of aliphatic hydroxyl groups is 1. The molecule has 6 nitrogen and oxygen atoms in total. The Hall–Kier alpha value is -2.92. The Balaban J connectivity index is 2.07. The number of hydrogen-bond acceptors (Lipinski definition) is 4.